The van der Waals surface area contributed by atoms with Gasteiger partial charge in [0, 0.05) is 24.3 Å². The van der Waals surface area contributed by atoms with Crippen molar-refractivity contribution < 1.29 is 0 Å². The quantitative estimate of drug-likeness (QED) is 0.805. The number of nitrogens with one attached hydrogen (secondary N) is 2. The molecule has 1 aromatic rings. The van der Waals surface area contributed by atoms with Crippen LogP contribution in [0, 0.1) is 0 Å². The Morgan fingerprint density at radius 2 is 2.37 bits per heavy atom. The van der Waals surface area contributed by atoms with Gasteiger partial charge >= 0.3 is 0 Å². The first-order chi connectivity index (χ1) is 9.13. The smallest absolute Gasteiger partial charge is 0.151 e. The molecule has 2 N–H and O–H groups in total. The van der Waals surface area contributed by atoms with Gasteiger partial charge in [0.05, 0.1) is 5.69 Å². The third kappa shape index (κ3) is 4.40. The molecule has 1 saturated heterocycles. The first-order valence-electron chi connectivity index (χ1n) is 7.21. The molecule has 2 rings (SSSR count). The van der Waals surface area contributed by atoms with E-state index in [1.165, 1.54) is 25.0 Å². The largest absolute Gasteiger partial charge is 0.344 e. The highest BCUT2D eigenvalue weighted by molar-refractivity contribution is 8.00. The van der Waals surface area contributed by atoms with Gasteiger partial charge in [0.25, 0.3) is 0 Å². The number of unbranched alkanes of at least 4 members (excludes halogenated alkanes) is 1. The van der Waals surface area contributed by atoms with Crippen molar-refractivity contribution in [3.63, 3.8) is 0 Å². The highest BCUT2D eigenvalue weighted by atomic mass is 35.5. The molecular formula is C14H24ClN3S. The minimum atomic E-state index is 0.400. The summed E-state index contributed by atoms with van der Waals surface area (Å²) in [6.45, 7) is 6.36. The number of nitrogens with zero attached hydrogens (tertiary/aromatic N) is 1. The number of H-pyrrole nitrogens is 1. The molecule has 1 aromatic heterocycles. The molecule has 1 fully saturated rings. The summed E-state index contributed by atoms with van der Waals surface area (Å²) in [6, 6.07) is 0. The van der Waals surface area contributed by atoms with Crippen LogP contribution in [0.25, 0.3) is 0 Å². The van der Waals surface area contributed by atoms with Crippen LogP contribution in [-0.2, 0) is 13.0 Å². The molecule has 0 aromatic carbocycles. The van der Waals surface area contributed by atoms with Gasteiger partial charge in [-0.3, -0.25) is 0 Å². The lowest BCUT2D eigenvalue weighted by Crippen LogP contribution is -2.32. The predicted molar refractivity (Wildman–Crippen MR) is 84.0 cm³/mol. The summed E-state index contributed by atoms with van der Waals surface area (Å²) >= 11 is 8.25. The van der Waals surface area contributed by atoms with Crippen molar-refractivity contribution in [2.24, 2.45) is 0 Å². The maximum atomic E-state index is 6.17. The van der Waals surface area contributed by atoms with E-state index in [0.717, 1.165) is 37.4 Å². The predicted octanol–water partition coefficient (Wildman–Crippen LogP) is 3.78. The zero-order chi connectivity index (χ0) is 13.7. The van der Waals surface area contributed by atoms with E-state index in [9.17, 15) is 0 Å². The molecule has 0 amide bonds. The van der Waals surface area contributed by atoms with Crippen molar-refractivity contribution in [3.8, 4) is 0 Å². The average molecular weight is 302 g/mol. The van der Waals surface area contributed by atoms with Gasteiger partial charge in [0.2, 0.25) is 0 Å². The van der Waals surface area contributed by atoms with Crippen LogP contribution in [0.3, 0.4) is 0 Å². The molecule has 2 heterocycles. The molecule has 3 nitrogen and oxygen atoms in total. The Bertz CT molecular complexity index is 399. The summed E-state index contributed by atoms with van der Waals surface area (Å²) < 4.78 is 0.400. The number of rotatable bonds is 7. The lowest BCUT2D eigenvalue weighted by Gasteiger charge is -2.22. The van der Waals surface area contributed by atoms with E-state index in [1.807, 2.05) is 0 Å². The number of aryl methyl sites for hydroxylation is 1. The van der Waals surface area contributed by atoms with Crippen molar-refractivity contribution in [2.75, 3.05) is 12.3 Å². The molecular weight excluding hydrogens is 278 g/mol. The molecule has 1 unspecified atom stereocenters. The van der Waals surface area contributed by atoms with Crippen LogP contribution in [0.4, 0.5) is 0 Å². The van der Waals surface area contributed by atoms with Crippen LogP contribution in [-0.4, -0.2) is 27.0 Å². The van der Waals surface area contributed by atoms with Gasteiger partial charge in [0.15, 0.2) is 5.15 Å². The van der Waals surface area contributed by atoms with Gasteiger partial charge in [-0.2, -0.15) is 11.8 Å². The zero-order valence-electron chi connectivity index (χ0n) is 11.9. The minimum absolute atomic E-state index is 0.400. The number of aromatic amines is 1. The normalized spacial score (nSPS) is 23.1. The second-order valence-corrected chi connectivity index (χ2v) is 7.60. The Hall–Kier alpha value is -0.190. The highest BCUT2D eigenvalue weighted by Gasteiger charge is 2.28. The van der Waals surface area contributed by atoms with Gasteiger partial charge in [-0.15, -0.1) is 0 Å². The number of hydrogen-bond donors (Lipinski definition) is 2. The third-order valence-corrected chi connectivity index (χ3v) is 5.50. The summed E-state index contributed by atoms with van der Waals surface area (Å²) in [5.74, 6) is 2.31. The summed E-state index contributed by atoms with van der Waals surface area (Å²) in [7, 11) is 0. The van der Waals surface area contributed by atoms with Gasteiger partial charge in [-0.25, -0.2) is 4.98 Å². The lowest BCUT2D eigenvalue weighted by atomic mass is 10.1. The highest BCUT2D eigenvalue weighted by Crippen LogP contribution is 2.37. The molecule has 1 atom stereocenters. The monoisotopic (exact) mass is 301 g/mol. The molecule has 1 aliphatic rings. The first kappa shape index (κ1) is 15.2. The fraction of sp³-hybridized carbons (Fsp3) is 0.786. The maximum Gasteiger partial charge on any atom is 0.151 e. The van der Waals surface area contributed by atoms with Crippen molar-refractivity contribution in [1.29, 1.82) is 0 Å². The number of imidazole rings is 1. The van der Waals surface area contributed by atoms with Crippen LogP contribution >= 0.6 is 23.4 Å². The number of hydrogen-bond acceptors (Lipinski definition) is 3. The average Bonchev–Trinajstić information content (AvgIpc) is 2.95. The summed E-state index contributed by atoms with van der Waals surface area (Å²) in [4.78, 5) is 7.72. The van der Waals surface area contributed by atoms with E-state index in [0.29, 0.717) is 9.90 Å². The fourth-order valence-electron chi connectivity index (χ4n) is 2.45. The van der Waals surface area contributed by atoms with E-state index < -0.39 is 0 Å². The Balaban J connectivity index is 1.80. The van der Waals surface area contributed by atoms with E-state index in [1.54, 1.807) is 0 Å². The molecule has 5 heteroatoms. The molecule has 0 saturated carbocycles. The van der Waals surface area contributed by atoms with E-state index in [4.69, 9.17) is 11.6 Å². The van der Waals surface area contributed by atoms with Gasteiger partial charge < -0.3 is 10.3 Å². The Kier molecular flexibility index (Phi) is 5.60. The lowest BCUT2D eigenvalue weighted by molar-refractivity contribution is 0.534. The zero-order valence-corrected chi connectivity index (χ0v) is 13.5. The summed E-state index contributed by atoms with van der Waals surface area (Å²) in [5, 5.41) is 4.15. The minimum Gasteiger partial charge on any atom is -0.344 e. The van der Waals surface area contributed by atoms with Crippen molar-refractivity contribution in [3.05, 3.63) is 16.7 Å². The molecule has 0 radical (unpaired) electrons. The van der Waals surface area contributed by atoms with Crippen LogP contribution in [0.5, 0.6) is 0 Å². The van der Waals surface area contributed by atoms with E-state index in [-0.39, 0.29) is 0 Å². The second kappa shape index (κ2) is 7.00. The van der Waals surface area contributed by atoms with Crippen LogP contribution in [0.1, 0.15) is 51.0 Å². The molecule has 108 valence electrons. The maximum absolute atomic E-state index is 6.17. The van der Waals surface area contributed by atoms with Gasteiger partial charge in [0.1, 0.15) is 5.82 Å². The topological polar surface area (TPSA) is 40.7 Å². The Morgan fingerprint density at radius 3 is 3.05 bits per heavy atom. The Labute approximate surface area is 125 Å². The second-order valence-electron chi connectivity index (χ2n) is 5.56. The number of thioether (sulfide) groups is 1. The molecule has 0 spiro atoms. The third-order valence-electron chi connectivity index (χ3n) is 3.65. The van der Waals surface area contributed by atoms with Crippen molar-refractivity contribution in [1.82, 2.24) is 15.3 Å². The Morgan fingerprint density at radius 1 is 1.53 bits per heavy atom. The number of halogens is 1. The molecule has 0 aliphatic carbocycles. The van der Waals surface area contributed by atoms with E-state index >= 15 is 0 Å². The molecule has 0 bridgehead atoms. The van der Waals surface area contributed by atoms with Crippen LogP contribution in [0.15, 0.2) is 0 Å². The van der Waals surface area contributed by atoms with Crippen LogP contribution < -0.4 is 5.32 Å². The molecule has 19 heavy (non-hydrogen) atoms. The molecule has 1 aliphatic heterocycles. The van der Waals surface area contributed by atoms with E-state index in [2.05, 4.69) is 40.9 Å². The van der Waals surface area contributed by atoms with Crippen LogP contribution in [0.2, 0.25) is 5.15 Å². The van der Waals surface area contributed by atoms with Gasteiger partial charge in [-0.05, 0) is 31.9 Å². The number of aromatic nitrogens is 2. The van der Waals surface area contributed by atoms with Gasteiger partial charge in [-0.1, -0.05) is 24.9 Å². The van der Waals surface area contributed by atoms with Crippen molar-refractivity contribution in [2.45, 2.75) is 57.2 Å². The first-order valence-corrected chi connectivity index (χ1v) is 8.57. The summed E-state index contributed by atoms with van der Waals surface area (Å²) in [5.41, 5.74) is 1.03. The van der Waals surface area contributed by atoms with Crippen molar-refractivity contribution >= 4 is 23.4 Å². The summed E-state index contributed by atoms with van der Waals surface area (Å²) in [6.07, 6.45) is 5.98. The SMILES string of the molecule is CCCCc1nc(Cl)c(CNCC2(C)CCCS2)[nH]1. The fourth-order valence-corrected chi connectivity index (χ4v) is 3.94. The standard InChI is InChI=1S/C14H24ClN3S/c1-3-4-6-12-17-11(13(15)18-12)9-16-10-14(2)7-5-8-19-14/h16H,3-10H2,1-2H3,(H,17,18).